The van der Waals surface area contributed by atoms with Crippen LogP contribution in [0.2, 0.25) is 0 Å². The van der Waals surface area contributed by atoms with Crippen molar-refractivity contribution >= 4 is 17.9 Å². The highest BCUT2D eigenvalue weighted by atomic mass is 16.6. The molecule has 1 heterocycles. The van der Waals surface area contributed by atoms with E-state index in [1.54, 1.807) is 6.07 Å². The van der Waals surface area contributed by atoms with Crippen LogP contribution in [0.15, 0.2) is 24.5 Å². The maximum absolute atomic E-state index is 12.4. The van der Waals surface area contributed by atoms with Gasteiger partial charge in [-0.1, -0.05) is 136 Å². The van der Waals surface area contributed by atoms with E-state index in [9.17, 15) is 14.4 Å². The molecule has 8 nitrogen and oxygen atoms in total. The number of rotatable bonds is 29. The Morgan fingerprint density at radius 2 is 1.17 bits per heavy atom. The summed E-state index contributed by atoms with van der Waals surface area (Å²) < 4.78 is 11.9. The summed E-state index contributed by atoms with van der Waals surface area (Å²) in [5.74, 6) is -1.37. The monoisotopic (exact) mass is 664 g/mol. The minimum absolute atomic E-state index is 0.150. The topological polar surface area (TPSA) is 103 Å². The van der Waals surface area contributed by atoms with Crippen molar-refractivity contribution in [2.45, 2.75) is 168 Å². The van der Waals surface area contributed by atoms with Gasteiger partial charge in [0.2, 0.25) is 0 Å². The van der Waals surface area contributed by atoms with Crippen LogP contribution in [-0.4, -0.2) is 72.9 Å². The molecule has 0 saturated heterocycles. The van der Waals surface area contributed by atoms with Gasteiger partial charge in [0.05, 0.1) is 39.7 Å². The molecule has 1 N–H and O–H groups in total. The first kappa shape index (κ1) is 44.5. The van der Waals surface area contributed by atoms with Crippen molar-refractivity contribution < 1.29 is 33.4 Å². The average Bonchev–Trinajstić information content (AvgIpc) is 3.02. The first-order valence-corrected chi connectivity index (χ1v) is 18.9. The van der Waals surface area contributed by atoms with Gasteiger partial charge in [-0.05, 0) is 25.0 Å². The Labute approximate surface area is 288 Å². The summed E-state index contributed by atoms with van der Waals surface area (Å²) in [5.41, 5.74) is 0.220. The molecule has 0 saturated carbocycles. The zero-order valence-electron chi connectivity index (χ0n) is 30.9. The summed E-state index contributed by atoms with van der Waals surface area (Å²) in [6.45, 7) is 5.59. The second kappa shape index (κ2) is 30.8. The van der Waals surface area contributed by atoms with Gasteiger partial charge in [0.1, 0.15) is 6.54 Å². The summed E-state index contributed by atoms with van der Waals surface area (Å²) >= 11 is 0. The smallest absolute Gasteiger partial charge is 0.337 e. The Morgan fingerprint density at radius 1 is 0.702 bits per heavy atom. The van der Waals surface area contributed by atoms with Gasteiger partial charge in [0.25, 0.3) is 0 Å². The zero-order valence-corrected chi connectivity index (χ0v) is 30.9. The summed E-state index contributed by atoms with van der Waals surface area (Å²) in [5, 5.41) is 8.34. The van der Waals surface area contributed by atoms with Crippen LogP contribution in [0.1, 0.15) is 172 Å². The van der Waals surface area contributed by atoms with E-state index in [4.69, 9.17) is 14.6 Å². The van der Waals surface area contributed by atoms with E-state index in [0.717, 1.165) is 25.7 Å². The van der Waals surface area contributed by atoms with E-state index in [2.05, 4.69) is 40.0 Å². The molecular weight excluding hydrogens is 592 g/mol. The van der Waals surface area contributed by atoms with E-state index < -0.39 is 12.1 Å². The Morgan fingerprint density at radius 3 is 1.57 bits per heavy atom. The number of esters is 2. The highest BCUT2D eigenvalue weighted by Gasteiger charge is 2.25. The van der Waals surface area contributed by atoms with Gasteiger partial charge in [0, 0.05) is 18.8 Å². The number of aromatic carboxylic acids is 1. The number of carbonyl (C=O) groups is 3. The molecule has 8 heteroatoms. The lowest BCUT2D eigenvalue weighted by Crippen LogP contribution is -2.44. The lowest BCUT2D eigenvalue weighted by Gasteiger charge is -2.28. The number of quaternary nitrogens is 1. The lowest BCUT2D eigenvalue weighted by atomic mass is 10.1. The molecule has 272 valence electrons. The molecule has 0 fully saturated rings. The van der Waals surface area contributed by atoms with Crippen LogP contribution in [-0.2, 0) is 19.1 Å². The quantitative estimate of drug-likeness (QED) is 0.0517. The molecule has 0 aromatic carbocycles. The second-order valence-corrected chi connectivity index (χ2v) is 14.0. The van der Waals surface area contributed by atoms with E-state index in [-0.39, 0.29) is 23.9 Å². The van der Waals surface area contributed by atoms with Crippen LogP contribution in [0.25, 0.3) is 0 Å². The highest BCUT2D eigenvalue weighted by molar-refractivity contribution is 5.86. The number of nitrogens with zero attached hydrogens (tertiary/aromatic N) is 2. The predicted molar refractivity (Wildman–Crippen MR) is 192 cm³/mol. The molecule has 0 spiro atoms. The molecule has 1 aromatic heterocycles. The third kappa shape index (κ3) is 31.9. The number of pyridine rings is 1. The summed E-state index contributed by atoms with van der Waals surface area (Å²) in [4.78, 5) is 38.7. The van der Waals surface area contributed by atoms with Crippen molar-refractivity contribution in [1.29, 1.82) is 0 Å². The van der Waals surface area contributed by atoms with Crippen molar-refractivity contribution in [2.75, 3.05) is 34.3 Å². The molecule has 0 aliphatic heterocycles. The van der Waals surface area contributed by atoms with Crippen molar-refractivity contribution in [3.63, 3.8) is 0 Å². The van der Waals surface area contributed by atoms with Gasteiger partial charge in [-0.25, -0.2) is 4.79 Å². The largest absolute Gasteiger partial charge is 0.478 e. The summed E-state index contributed by atoms with van der Waals surface area (Å²) in [6, 6.07) is 3.08. The van der Waals surface area contributed by atoms with E-state index in [1.807, 2.05) is 0 Å². The van der Waals surface area contributed by atoms with E-state index in [1.165, 1.54) is 128 Å². The van der Waals surface area contributed by atoms with Gasteiger partial charge < -0.3 is 19.1 Å². The average molecular weight is 664 g/mol. The number of carbonyl (C=O) groups excluding carboxylic acids is 2. The molecule has 1 rings (SSSR count). The van der Waals surface area contributed by atoms with Crippen LogP contribution < -0.4 is 0 Å². The molecular formula is C39H71N2O6+. The van der Waals surface area contributed by atoms with E-state index in [0.29, 0.717) is 24.1 Å². The third-order valence-corrected chi connectivity index (χ3v) is 8.10. The van der Waals surface area contributed by atoms with Gasteiger partial charge in [-0.2, -0.15) is 0 Å². The maximum Gasteiger partial charge on any atom is 0.337 e. The first-order chi connectivity index (χ1) is 22.6. The van der Waals surface area contributed by atoms with Crippen LogP contribution in [0.5, 0.6) is 0 Å². The third-order valence-electron chi connectivity index (χ3n) is 8.10. The second-order valence-electron chi connectivity index (χ2n) is 14.0. The molecule has 47 heavy (non-hydrogen) atoms. The lowest BCUT2D eigenvalue weighted by molar-refractivity contribution is -0.873. The summed E-state index contributed by atoms with van der Waals surface area (Å²) in [7, 11) is 6.17. The Balaban J connectivity index is 0.00000200. The van der Waals surface area contributed by atoms with Gasteiger partial charge in [0.15, 0.2) is 6.10 Å². The number of ether oxygens (including phenoxy) is 2. The minimum Gasteiger partial charge on any atom is -0.478 e. The number of hydrogen-bond donors (Lipinski definition) is 1. The number of carboxylic acid groups (broad SMARTS) is 1. The molecule has 1 unspecified atom stereocenters. The Bertz CT molecular complexity index is 887. The van der Waals surface area contributed by atoms with Crippen LogP contribution in [0.4, 0.5) is 0 Å². The molecule has 1 aromatic rings. The number of likely N-dealkylation sites (N-methyl/N-ethyl adjacent to an activating group) is 1. The van der Waals surface area contributed by atoms with Crippen LogP contribution in [0, 0.1) is 0 Å². The highest BCUT2D eigenvalue weighted by Crippen LogP contribution is 2.14. The normalized spacial score (nSPS) is 11.8. The van der Waals surface area contributed by atoms with Crippen molar-refractivity contribution in [3.05, 3.63) is 30.1 Å². The van der Waals surface area contributed by atoms with Gasteiger partial charge in [-0.3, -0.25) is 14.6 Å². The Kier molecular flexibility index (Phi) is 29.2. The number of unbranched alkanes of at least 4 members (excludes halogenated alkanes) is 19. The van der Waals surface area contributed by atoms with Crippen LogP contribution in [0.3, 0.4) is 0 Å². The van der Waals surface area contributed by atoms with Gasteiger partial charge in [-0.15, -0.1) is 0 Å². The SMILES string of the molecule is CCCCCCCCCCCCCOC(=O)CC(C[N+](C)(C)C)OC(=O)CCCCCCCCCCCC.O=C(O)c1cccnc1. The van der Waals surface area contributed by atoms with Gasteiger partial charge >= 0.3 is 17.9 Å². The molecule has 0 amide bonds. The first-order valence-electron chi connectivity index (χ1n) is 18.9. The van der Waals surface area contributed by atoms with E-state index >= 15 is 0 Å². The fourth-order valence-electron chi connectivity index (χ4n) is 5.44. The fraction of sp³-hybridized carbons (Fsp3) is 0.795. The summed E-state index contributed by atoms with van der Waals surface area (Å²) in [6.07, 6.45) is 29.4. The molecule has 0 aliphatic carbocycles. The fourth-order valence-corrected chi connectivity index (χ4v) is 5.44. The number of carboxylic acids is 1. The Hall–Kier alpha value is -2.48. The molecule has 1 atom stereocenters. The van der Waals surface area contributed by atoms with Crippen molar-refractivity contribution in [3.8, 4) is 0 Å². The molecule has 0 radical (unpaired) electrons. The van der Waals surface area contributed by atoms with Crippen molar-refractivity contribution in [1.82, 2.24) is 4.98 Å². The zero-order chi connectivity index (χ0) is 35.0. The molecule has 0 bridgehead atoms. The standard InChI is InChI=1S/C33H66NO4.C6H5NO2/c1-6-8-10-12-14-16-18-20-22-24-26-28-37-33(36)29-31(30-34(3,4)5)38-32(35)27-25-23-21-19-17-15-13-11-9-7-2;8-6(9)5-2-1-3-7-4-5/h31H,6-30H2,1-5H3;1-4H,(H,8,9)/q+1;. The maximum atomic E-state index is 12.4. The number of hydrogen-bond acceptors (Lipinski definition) is 6. The number of aromatic nitrogens is 1. The van der Waals surface area contributed by atoms with Crippen LogP contribution >= 0.6 is 0 Å². The predicted octanol–water partition coefficient (Wildman–Crippen LogP) is 9.94. The molecule has 0 aliphatic rings. The minimum atomic E-state index is -0.942. The van der Waals surface area contributed by atoms with Crippen molar-refractivity contribution in [2.24, 2.45) is 0 Å².